The van der Waals surface area contributed by atoms with Crippen LogP contribution in [0.4, 0.5) is 0 Å². The van der Waals surface area contributed by atoms with Crippen molar-refractivity contribution in [3.63, 3.8) is 0 Å². The number of nitrogens with one attached hydrogen (secondary N) is 1. The second kappa shape index (κ2) is 5.82. The van der Waals surface area contributed by atoms with Crippen molar-refractivity contribution >= 4 is 6.41 Å². The Kier molecular flexibility index (Phi) is 4.15. The molecule has 0 atom stereocenters. The number of amides is 1. The third kappa shape index (κ3) is 3.30. The predicted molar refractivity (Wildman–Crippen MR) is 66.7 cm³/mol. The topological polar surface area (TPSA) is 38.3 Å². The van der Waals surface area contributed by atoms with Gasteiger partial charge in [-0.1, -0.05) is 30.3 Å². The molecule has 0 aromatic heterocycles. The summed E-state index contributed by atoms with van der Waals surface area (Å²) in [6.07, 6.45) is 4.65. The SMILES string of the molecule is O=CNC1(CCc2ccccc2)CCOCC1. The van der Waals surface area contributed by atoms with Crippen LogP contribution in [0, 0.1) is 0 Å². The largest absolute Gasteiger partial charge is 0.381 e. The Morgan fingerprint density at radius 3 is 2.59 bits per heavy atom. The maximum absolute atomic E-state index is 10.7. The van der Waals surface area contributed by atoms with Gasteiger partial charge in [0.15, 0.2) is 0 Å². The van der Waals surface area contributed by atoms with Crippen molar-refractivity contribution in [3.8, 4) is 0 Å². The Morgan fingerprint density at radius 1 is 1.24 bits per heavy atom. The van der Waals surface area contributed by atoms with Crippen molar-refractivity contribution in [1.29, 1.82) is 0 Å². The summed E-state index contributed by atoms with van der Waals surface area (Å²) in [7, 11) is 0. The first-order chi connectivity index (χ1) is 8.35. The van der Waals surface area contributed by atoms with Gasteiger partial charge in [0, 0.05) is 18.8 Å². The number of hydrogen-bond acceptors (Lipinski definition) is 2. The molecule has 0 bridgehead atoms. The van der Waals surface area contributed by atoms with Crippen LogP contribution in [-0.2, 0) is 16.0 Å². The Hall–Kier alpha value is -1.35. The number of carbonyl (C=O) groups excluding carboxylic acids is 1. The lowest BCUT2D eigenvalue weighted by Crippen LogP contribution is -2.49. The van der Waals surface area contributed by atoms with E-state index >= 15 is 0 Å². The second-order valence-corrected chi connectivity index (χ2v) is 4.64. The molecule has 3 heteroatoms. The highest BCUT2D eigenvalue weighted by molar-refractivity contribution is 5.48. The summed E-state index contributed by atoms with van der Waals surface area (Å²) in [5.74, 6) is 0. The van der Waals surface area contributed by atoms with Crippen LogP contribution in [-0.4, -0.2) is 25.2 Å². The van der Waals surface area contributed by atoms with Gasteiger partial charge < -0.3 is 10.1 Å². The summed E-state index contributed by atoms with van der Waals surface area (Å²) in [6.45, 7) is 1.49. The van der Waals surface area contributed by atoms with Crippen molar-refractivity contribution in [2.45, 2.75) is 31.2 Å². The number of ether oxygens (including phenoxy) is 1. The average molecular weight is 233 g/mol. The Morgan fingerprint density at radius 2 is 1.94 bits per heavy atom. The van der Waals surface area contributed by atoms with E-state index in [4.69, 9.17) is 4.74 Å². The molecule has 1 saturated heterocycles. The van der Waals surface area contributed by atoms with Gasteiger partial charge in [-0.05, 0) is 31.2 Å². The Labute approximate surface area is 102 Å². The molecular formula is C14H19NO2. The molecule has 1 aliphatic heterocycles. The van der Waals surface area contributed by atoms with E-state index in [1.807, 2.05) is 6.07 Å². The zero-order chi connectivity index (χ0) is 12.0. The molecule has 0 radical (unpaired) electrons. The molecule has 1 aromatic carbocycles. The average Bonchev–Trinajstić information content (AvgIpc) is 2.39. The summed E-state index contributed by atoms with van der Waals surface area (Å²) < 4.78 is 5.37. The highest BCUT2D eigenvalue weighted by Crippen LogP contribution is 2.25. The number of carbonyl (C=O) groups is 1. The van der Waals surface area contributed by atoms with Crippen molar-refractivity contribution in [3.05, 3.63) is 35.9 Å². The van der Waals surface area contributed by atoms with Crippen molar-refractivity contribution in [2.75, 3.05) is 13.2 Å². The van der Waals surface area contributed by atoms with Gasteiger partial charge in [-0.2, -0.15) is 0 Å². The highest BCUT2D eigenvalue weighted by atomic mass is 16.5. The highest BCUT2D eigenvalue weighted by Gasteiger charge is 2.31. The molecule has 0 unspecified atom stereocenters. The van der Waals surface area contributed by atoms with Crippen LogP contribution in [0.5, 0.6) is 0 Å². The van der Waals surface area contributed by atoms with E-state index in [1.165, 1.54) is 5.56 Å². The van der Waals surface area contributed by atoms with Crippen LogP contribution in [0.3, 0.4) is 0 Å². The molecule has 1 heterocycles. The first kappa shape index (κ1) is 12.1. The molecule has 17 heavy (non-hydrogen) atoms. The number of hydrogen-bond donors (Lipinski definition) is 1. The number of benzene rings is 1. The molecule has 1 amide bonds. The van der Waals surface area contributed by atoms with Gasteiger partial charge in [0.05, 0.1) is 0 Å². The van der Waals surface area contributed by atoms with Gasteiger partial charge in [-0.25, -0.2) is 0 Å². The Bertz CT molecular complexity index is 344. The van der Waals surface area contributed by atoms with E-state index in [0.717, 1.165) is 45.3 Å². The Balaban J connectivity index is 1.95. The van der Waals surface area contributed by atoms with Gasteiger partial charge in [0.2, 0.25) is 6.41 Å². The third-order valence-corrected chi connectivity index (χ3v) is 3.55. The molecule has 3 nitrogen and oxygen atoms in total. The van der Waals surface area contributed by atoms with Crippen LogP contribution in [0.1, 0.15) is 24.8 Å². The van der Waals surface area contributed by atoms with Gasteiger partial charge in [-0.15, -0.1) is 0 Å². The standard InChI is InChI=1S/C14H19NO2/c16-12-15-14(8-10-17-11-9-14)7-6-13-4-2-1-3-5-13/h1-5,12H,6-11H2,(H,15,16). The summed E-state index contributed by atoms with van der Waals surface area (Å²) >= 11 is 0. The molecule has 1 aliphatic rings. The van der Waals surface area contributed by atoms with Gasteiger partial charge in [0.1, 0.15) is 0 Å². The van der Waals surface area contributed by atoms with Gasteiger partial charge >= 0.3 is 0 Å². The molecule has 2 rings (SSSR count). The minimum atomic E-state index is -0.0597. The summed E-state index contributed by atoms with van der Waals surface area (Å²) in [4.78, 5) is 10.7. The molecule has 0 aliphatic carbocycles. The summed E-state index contributed by atoms with van der Waals surface area (Å²) in [5.41, 5.74) is 1.27. The molecule has 92 valence electrons. The van der Waals surface area contributed by atoms with Crippen LogP contribution >= 0.6 is 0 Å². The smallest absolute Gasteiger partial charge is 0.207 e. The lowest BCUT2D eigenvalue weighted by atomic mass is 9.84. The summed E-state index contributed by atoms with van der Waals surface area (Å²) in [6, 6.07) is 10.4. The van der Waals surface area contributed by atoms with E-state index in [1.54, 1.807) is 0 Å². The van der Waals surface area contributed by atoms with E-state index in [2.05, 4.69) is 29.6 Å². The first-order valence-corrected chi connectivity index (χ1v) is 6.18. The maximum Gasteiger partial charge on any atom is 0.207 e. The maximum atomic E-state index is 10.7. The molecule has 1 N–H and O–H groups in total. The molecule has 1 fully saturated rings. The second-order valence-electron chi connectivity index (χ2n) is 4.64. The predicted octanol–water partition coefficient (Wildman–Crippen LogP) is 1.91. The van der Waals surface area contributed by atoms with Crippen molar-refractivity contribution in [2.24, 2.45) is 0 Å². The molecule has 1 aromatic rings. The third-order valence-electron chi connectivity index (χ3n) is 3.55. The molecular weight excluding hydrogens is 214 g/mol. The number of rotatable bonds is 5. The fourth-order valence-electron chi connectivity index (χ4n) is 2.38. The van der Waals surface area contributed by atoms with Crippen molar-refractivity contribution in [1.82, 2.24) is 5.32 Å². The monoisotopic (exact) mass is 233 g/mol. The van der Waals surface area contributed by atoms with Crippen LogP contribution in [0.25, 0.3) is 0 Å². The quantitative estimate of drug-likeness (QED) is 0.789. The zero-order valence-electron chi connectivity index (χ0n) is 10.0. The lowest BCUT2D eigenvalue weighted by molar-refractivity contribution is -0.112. The lowest BCUT2D eigenvalue weighted by Gasteiger charge is -2.37. The minimum Gasteiger partial charge on any atom is -0.381 e. The molecule has 0 saturated carbocycles. The van der Waals surface area contributed by atoms with E-state index < -0.39 is 0 Å². The van der Waals surface area contributed by atoms with Gasteiger partial charge in [0.25, 0.3) is 0 Å². The van der Waals surface area contributed by atoms with Crippen LogP contribution in [0.2, 0.25) is 0 Å². The van der Waals surface area contributed by atoms with Crippen LogP contribution < -0.4 is 5.32 Å². The fraction of sp³-hybridized carbons (Fsp3) is 0.500. The van der Waals surface area contributed by atoms with Crippen LogP contribution in [0.15, 0.2) is 30.3 Å². The molecule has 0 spiro atoms. The van der Waals surface area contributed by atoms with E-state index in [-0.39, 0.29) is 5.54 Å². The zero-order valence-corrected chi connectivity index (χ0v) is 10.0. The minimum absolute atomic E-state index is 0.0597. The van der Waals surface area contributed by atoms with E-state index in [9.17, 15) is 4.79 Å². The van der Waals surface area contributed by atoms with Crippen molar-refractivity contribution < 1.29 is 9.53 Å². The normalized spacial score (nSPS) is 18.6. The number of aryl methyl sites for hydroxylation is 1. The first-order valence-electron chi connectivity index (χ1n) is 6.18. The van der Waals surface area contributed by atoms with E-state index in [0.29, 0.717) is 0 Å². The van der Waals surface area contributed by atoms with Gasteiger partial charge in [-0.3, -0.25) is 4.79 Å². The summed E-state index contributed by atoms with van der Waals surface area (Å²) in [5, 5.41) is 3.01. The fourth-order valence-corrected chi connectivity index (χ4v) is 2.38.